The first kappa shape index (κ1) is 29.9. The van der Waals surface area contributed by atoms with E-state index in [-0.39, 0.29) is 27.3 Å². The van der Waals surface area contributed by atoms with Crippen molar-refractivity contribution >= 4 is 23.2 Å². The lowest BCUT2D eigenvalue weighted by atomic mass is 10.0. The summed E-state index contributed by atoms with van der Waals surface area (Å²) in [6, 6.07) is 0.294. The largest absolute Gasteiger partial charge is 0.416 e. The standard InChI is InChI=1S/C23H19F8N5O2S/c1-11(35-18(37)12-6-13(21(2,24)25)8-14(7-12)23(29,30)31)16-17(33-5-4-32-16)19-34-9-15(39-19)20(38)36(3)10-22(26,27)28/h4-9,11H,10H2,1-3H3,(H,35,37). The highest BCUT2D eigenvalue weighted by Gasteiger charge is 2.36. The Kier molecular flexibility index (Phi) is 8.29. The van der Waals surface area contributed by atoms with Crippen LogP contribution in [0.3, 0.4) is 0 Å². The number of thiazole rings is 1. The van der Waals surface area contributed by atoms with E-state index in [1.165, 1.54) is 19.3 Å². The molecular weight excluding hydrogens is 562 g/mol. The molecule has 0 bridgehead atoms. The molecule has 1 atom stereocenters. The van der Waals surface area contributed by atoms with Gasteiger partial charge in [0.25, 0.3) is 17.7 Å². The second kappa shape index (κ2) is 10.8. The molecule has 2 heterocycles. The van der Waals surface area contributed by atoms with Crippen LogP contribution in [0, 0.1) is 0 Å². The number of hydrogen-bond donors (Lipinski definition) is 1. The Hall–Kier alpha value is -3.69. The number of aromatic nitrogens is 3. The van der Waals surface area contributed by atoms with E-state index in [4.69, 9.17) is 0 Å². The Morgan fingerprint density at radius 1 is 0.974 bits per heavy atom. The molecule has 0 saturated carbocycles. The summed E-state index contributed by atoms with van der Waals surface area (Å²) in [5.41, 5.74) is -3.03. The van der Waals surface area contributed by atoms with Gasteiger partial charge in [0.05, 0.1) is 23.5 Å². The van der Waals surface area contributed by atoms with Crippen molar-refractivity contribution in [1.29, 1.82) is 0 Å². The van der Waals surface area contributed by atoms with Gasteiger partial charge in [-0.15, -0.1) is 11.3 Å². The molecule has 1 unspecified atom stereocenters. The molecular formula is C23H19F8N5O2S. The maximum atomic E-state index is 13.8. The van der Waals surface area contributed by atoms with Crippen LogP contribution in [0.4, 0.5) is 35.1 Å². The molecule has 2 amide bonds. The molecule has 1 aromatic carbocycles. The number of nitrogens with one attached hydrogen (secondary N) is 1. The van der Waals surface area contributed by atoms with Crippen molar-refractivity contribution in [2.24, 2.45) is 0 Å². The summed E-state index contributed by atoms with van der Waals surface area (Å²) in [6.07, 6.45) is -6.08. The Morgan fingerprint density at radius 2 is 1.59 bits per heavy atom. The summed E-state index contributed by atoms with van der Waals surface area (Å²) in [7, 11) is 0.966. The summed E-state index contributed by atoms with van der Waals surface area (Å²) in [5.74, 6) is -5.72. The molecule has 0 saturated heterocycles. The van der Waals surface area contributed by atoms with Gasteiger partial charge < -0.3 is 10.2 Å². The maximum absolute atomic E-state index is 13.8. The average molecular weight is 581 g/mol. The van der Waals surface area contributed by atoms with Gasteiger partial charge in [-0.25, -0.2) is 13.8 Å². The molecule has 0 aliphatic carbocycles. The predicted octanol–water partition coefficient (Wildman–Crippen LogP) is 5.86. The second-order valence-electron chi connectivity index (χ2n) is 8.48. The van der Waals surface area contributed by atoms with Crippen molar-refractivity contribution in [3.8, 4) is 10.7 Å². The molecule has 39 heavy (non-hydrogen) atoms. The smallest absolute Gasteiger partial charge is 0.344 e. The molecule has 2 aromatic heterocycles. The minimum atomic E-state index is -4.99. The topological polar surface area (TPSA) is 88.1 Å². The van der Waals surface area contributed by atoms with Gasteiger partial charge in [-0.05, 0) is 25.1 Å². The van der Waals surface area contributed by atoms with Crippen molar-refractivity contribution in [2.45, 2.75) is 38.2 Å². The van der Waals surface area contributed by atoms with Crippen LogP contribution in [0.1, 0.15) is 56.7 Å². The summed E-state index contributed by atoms with van der Waals surface area (Å²) < 4.78 is 105. The molecule has 7 nitrogen and oxygen atoms in total. The van der Waals surface area contributed by atoms with Gasteiger partial charge in [0.1, 0.15) is 22.1 Å². The predicted molar refractivity (Wildman–Crippen MR) is 123 cm³/mol. The summed E-state index contributed by atoms with van der Waals surface area (Å²) in [6.45, 7) is 0.303. The number of halogens is 8. The van der Waals surface area contributed by atoms with Crippen LogP contribution in [-0.4, -0.2) is 51.4 Å². The highest BCUT2D eigenvalue weighted by molar-refractivity contribution is 7.16. The van der Waals surface area contributed by atoms with E-state index < -0.39 is 59.4 Å². The van der Waals surface area contributed by atoms with E-state index in [1.807, 2.05) is 0 Å². The minimum absolute atomic E-state index is 0.0395. The number of nitrogens with zero attached hydrogens (tertiary/aromatic N) is 4. The van der Waals surface area contributed by atoms with Gasteiger partial charge in [0.15, 0.2) is 0 Å². The lowest BCUT2D eigenvalue weighted by molar-refractivity contribution is -0.138. The van der Waals surface area contributed by atoms with Crippen LogP contribution in [0.15, 0.2) is 36.8 Å². The summed E-state index contributed by atoms with van der Waals surface area (Å²) in [4.78, 5) is 37.7. The fourth-order valence-corrected chi connectivity index (χ4v) is 4.28. The number of alkyl halides is 8. The summed E-state index contributed by atoms with van der Waals surface area (Å²) >= 11 is 0.711. The van der Waals surface area contributed by atoms with Crippen molar-refractivity contribution in [2.75, 3.05) is 13.6 Å². The van der Waals surface area contributed by atoms with Gasteiger partial charge in [-0.2, -0.15) is 26.3 Å². The van der Waals surface area contributed by atoms with Crippen LogP contribution in [0.5, 0.6) is 0 Å². The average Bonchev–Trinajstić information content (AvgIpc) is 3.31. The van der Waals surface area contributed by atoms with Crippen LogP contribution < -0.4 is 5.32 Å². The Labute approximate surface area is 219 Å². The molecule has 0 spiro atoms. The third kappa shape index (κ3) is 7.46. The van der Waals surface area contributed by atoms with Crippen molar-refractivity contribution < 1.29 is 44.7 Å². The van der Waals surface area contributed by atoms with E-state index in [2.05, 4.69) is 20.3 Å². The normalized spacial score (nSPS) is 13.2. The van der Waals surface area contributed by atoms with Gasteiger partial charge >= 0.3 is 12.4 Å². The van der Waals surface area contributed by atoms with E-state index in [0.717, 1.165) is 13.2 Å². The van der Waals surface area contributed by atoms with Gasteiger partial charge in [-0.1, -0.05) is 0 Å². The van der Waals surface area contributed by atoms with Crippen LogP contribution in [-0.2, 0) is 12.1 Å². The quantitative estimate of drug-likeness (QED) is 0.354. The van der Waals surface area contributed by atoms with Crippen LogP contribution >= 0.6 is 11.3 Å². The Bertz CT molecular complexity index is 1340. The van der Waals surface area contributed by atoms with Crippen LogP contribution in [0.25, 0.3) is 10.7 Å². The first-order chi connectivity index (χ1) is 17.9. The van der Waals surface area contributed by atoms with Crippen molar-refractivity contribution in [3.63, 3.8) is 0 Å². The number of amides is 2. The third-order valence-corrected chi connectivity index (χ3v) is 6.19. The van der Waals surface area contributed by atoms with E-state index in [9.17, 15) is 44.7 Å². The first-order valence-electron chi connectivity index (χ1n) is 10.9. The monoisotopic (exact) mass is 581 g/mol. The lowest BCUT2D eigenvalue weighted by Crippen LogP contribution is -2.35. The fourth-order valence-electron chi connectivity index (χ4n) is 3.37. The highest BCUT2D eigenvalue weighted by Crippen LogP contribution is 2.36. The summed E-state index contributed by atoms with van der Waals surface area (Å²) in [5, 5.41) is 2.44. The number of hydrogen-bond acceptors (Lipinski definition) is 6. The number of carbonyl (C=O) groups excluding carboxylic acids is 2. The lowest BCUT2D eigenvalue weighted by Gasteiger charge is -2.18. The molecule has 3 aromatic rings. The molecule has 0 aliphatic rings. The highest BCUT2D eigenvalue weighted by atomic mass is 32.1. The zero-order valence-corrected chi connectivity index (χ0v) is 21.1. The first-order valence-corrected chi connectivity index (χ1v) is 11.7. The zero-order chi connectivity index (χ0) is 29.3. The number of carbonyl (C=O) groups is 2. The third-order valence-electron chi connectivity index (χ3n) is 5.20. The minimum Gasteiger partial charge on any atom is -0.344 e. The Balaban J connectivity index is 1.88. The van der Waals surface area contributed by atoms with Gasteiger partial charge in [0.2, 0.25) is 0 Å². The van der Waals surface area contributed by atoms with Crippen LogP contribution in [0.2, 0.25) is 0 Å². The number of rotatable bonds is 7. The second-order valence-corrected chi connectivity index (χ2v) is 9.51. The number of benzene rings is 1. The molecule has 0 fully saturated rings. The van der Waals surface area contributed by atoms with E-state index in [1.54, 1.807) is 0 Å². The van der Waals surface area contributed by atoms with Crippen molar-refractivity contribution in [1.82, 2.24) is 25.2 Å². The molecule has 3 rings (SSSR count). The SMILES string of the molecule is CC(NC(=O)c1cc(C(C)(F)F)cc(C(F)(F)F)c1)c1nccnc1-c1ncc(C(=O)N(C)CC(F)(F)F)s1. The van der Waals surface area contributed by atoms with Crippen molar-refractivity contribution in [3.05, 3.63) is 64.1 Å². The molecule has 1 N–H and O–H groups in total. The molecule has 16 heteroatoms. The molecule has 0 radical (unpaired) electrons. The zero-order valence-electron chi connectivity index (χ0n) is 20.3. The van der Waals surface area contributed by atoms with E-state index >= 15 is 0 Å². The van der Waals surface area contributed by atoms with E-state index in [0.29, 0.717) is 35.3 Å². The molecule has 210 valence electrons. The fraction of sp³-hybridized carbons (Fsp3) is 0.348. The van der Waals surface area contributed by atoms with Gasteiger partial charge in [-0.3, -0.25) is 19.6 Å². The molecule has 0 aliphatic heterocycles. The maximum Gasteiger partial charge on any atom is 0.416 e. The van der Waals surface area contributed by atoms with Gasteiger partial charge in [0, 0.05) is 37.5 Å². The Morgan fingerprint density at radius 3 is 2.18 bits per heavy atom.